The third-order valence-electron chi connectivity index (χ3n) is 2.73. The van der Waals surface area contributed by atoms with Gasteiger partial charge in [-0.25, -0.2) is 0 Å². The van der Waals surface area contributed by atoms with Crippen LogP contribution in [0.4, 0.5) is 0 Å². The first kappa shape index (κ1) is 15.1. The molecule has 0 saturated carbocycles. The molecular weight excluding hydrogens is 298 g/mol. The first-order chi connectivity index (χ1) is 8.49. The Labute approximate surface area is 115 Å². The molecule has 0 saturated heterocycles. The molecule has 0 aliphatic carbocycles. The molecule has 0 radical (unpaired) electrons. The number of carboxylic acids is 1. The number of rotatable bonds is 7. The van der Waals surface area contributed by atoms with Crippen LogP contribution in [-0.2, 0) is 4.79 Å². The first-order valence-electron chi connectivity index (χ1n) is 5.83. The zero-order valence-corrected chi connectivity index (χ0v) is 11.9. The molecule has 1 rings (SSSR count). The summed E-state index contributed by atoms with van der Waals surface area (Å²) in [7, 11) is 1.86. The fourth-order valence-corrected chi connectivity index (χ4v) is 2.04. The number of halogens is 1. The fourth-order valence-electron chi connectivity index (χ4n) is 1.62. The van der Waals surface area contributed by atoms with Gasteiger partial charge in [0.05, 0.1) is 12.5 Å². The molecule has 0 aliphatic heterocycles. The highest BCUT2D eigenvalue weighted by atomic mass is 79.9. The van der Waals surface area contributed by atoms with Crippen molar-refractivity contribution in [3.8, 4) is 0 Å². The third-order valence-corrected chi connectivity index (χ3v) is 3.22. The highest BCUT2D eigenvalue weighted by molar-refractivity contribution is 9.10. The number of hydrogen-bond acceptors (Lipinski definition) is 3. The summed E-state index contributed by atoms with van der Waals surface area (Å²) in [5.41, 5.74) is 0.871. The SMILES string of the molecule is CN(CCC(=O)O)CCC(O)c1cccc(Br)c1. The quantitative estimate of drug-likeness (QED) is 0.810. The molecule has 4 nitrogen and oxygen atoms in total. The van der Waals surface area contributed by atoms with Gasteiger partial charge < -0.3 is 15.1 Å². The number of aliphatic carboxylic acids is 1. The molecule has 0 spiro atoms. The number of aliphatic hydroxyl groups is 1. The van der Waals surface area contributed by atoms with Gasteiger partial charge in [-0.05, 0) is 31.2 Å². The van der Waals surface area contributed by atoms with Crippen LogP contribution in [0.5, 0.6) is 0 Å². The van der Waals surface area contributed by atoms with Crippen LogP contribution in [0.25, 0.3) is 0 Å². The molecule has 18 heavy (non-hydrogen) atoms. The van der Waals surface area contributed by atoms with Gasteiger partial charge in [0.25, 0.3) is 0 Å². The van der Waals surface area contributed by atoms with Gasteiger partial charge in [0.2, 0.25) is 0 Å². The van der Waals surface area contributed by atoms with Gasteiger partial charge in [0, 0.05) is 17.6 Å². The summed E-state index contributed by atoms with van der Waals surface area (Å²) in [6.07, 6.45) is 0.200. The molecule has 1 unspecified atom stereocenters. The average Bonchev–Trinajstić information content (AvgIpc) is 2.33. The van der Waals surface area contributed by atoms with Gasteiger partial charge in [0.15, 0.2) is 0 Å². The number of hydrogen-bond donors (Lipinski definition) is 2. The Bertz CT molecular complexity index is 398. The van der Waals surface area contributed by atoms with E-state index in [0.29, 0.717) is 19.5 Å². The molecule has 1 atom stereocenters. The lowest BCUT2D eigenvalue weighted by Crippen LogP contribution is -2.24. The fraction of sp³-hybridized carbons (Fsp3) is 0.462. The van der Waals surface area contributed by atoms with Crippen molar-refractivity contribution >= 4 is 21.9 Å². The molecule has 2 N–H and O–H groups in total. The lowest BCUT2D eigenvalue weighted by atomic mass is 10.1. The topological polar surface area (TPSA) is 60.8 Å². The van der Waals surface area contributed by atoms with Crippen LogP contribution in [-0.4, -0.2) is 41.2 Å². The maximum atomic E-state index is 10.4. The lowest BCUT2D eigenvalue weighted by Gasteiger charge is -2.18. The van der Waals surface area contributed by atoms with Crippen LogP contribution in [0.3, 0.4) is 0 Å². The van der Waals surface area contributed by atoms with Crippen LogP contribution in [0.1, 0.15) is 24.5 Å². The van der Waals surface area contributed by atoms with E-state index in [1.54, 1.807) is 0 Å². The molecule has 0 fully saturated rings. The van der Waals surface area contributed by atoms with Crippen molar-refractivity contribution in [2.24, 2.45) is 0 Å². The number of carboxylic acid groups (broad SMARTS) is 1. The van der Waals surface area contributed by atoms with Crippen molar-refractivity contribution in [1.82, 2.24) is 4.90 Å². The second-order valence-corrected chi connectivity index (χ2v) is 5.22. The van der Waals surface area contributed by atoms with Gasteiger partial charge in [-0.2, -0.15) is 0 Å². The molecular formula is C13H18BrNO3. The molecule has 0 aliphatic rings. The van der Waals surface area contributed by atoms with E-state index in [-0.39, 0.29) is 6.42 Å². The number of aliphatic hydroxyl groups excluding tert-OH is 1. The summed E-state index contributed by atoms with van der Waals surface area (Å²) < 4.78 is 0.943. The predicted molar refractivity (Wildman–Crippen MR) is 73.5 cm³/mol. The predicted octanol–water partition coefficient (Wildman–Crippen LogP) is 2.28. The van der Waals surface area contributed by atoms with Crippen LogP contribution >= 0.6 is 15.9 Å². The zero-order chi connectivity index (χ0) is 13.5. The van der Waals surface area contributed by atoms with E-state index >= 15 is 0 Å². The number of carbonyl (C=O) groups is 1. The van der Waals surface area contributed by atoms with E-state index in [9.17, 15) is 9.90 Å². The third kappa shape index (κ3) is 5.62. The number of nitrogens with zero attached hydrogens (tertiary/aromatic N) is 1. The summed E-state index contributed by atoms with van der Waals surface area (Å²) in [5.74, 6) is -0.797. The minimum Gasteiger partial charge on any atom is -0.481 e. The van der Waals surface area contributed by atoms with E-state index in [4.69, 9.17) is 5.11 Å². The van der Waals surface area contributed by atoms with E-state index in [1.807, 2.05) is 36.2 Å². The summed E-state index contributed by atoms with van der Waals surface area (Å²) in [5, 5.41) is 18.6. The number of benzene rings is 1. The maximum Gasteiger partial charge on any atom is 0.304 e. The van der Waals surface area contributed by atoms with Crippen molar-refractivity contribution in [1.29, 1.82) is 0 Å². The highest BCUT2D eigenvalue weighted by Gasteiger charge is 2.10. The van der Waals surface area contributed by atoms with Gasteiger partial charge in [-0.15, -0.1) is 0 Å². The Hall–Kier alpha value is -0.910. The Kier molecular flexibility index (Phi) is 6.32. The van der Waals surface area contributed by atoms with Crippen molar-refractivity contribution in [2.45, 2.75) is 18.9 Å². The Balaban J connectivity index is 2.36. The van der Waals surface area contributed by atoms with Crippen molar-refractivity contribution in [2.75, 3.05) is 20.1 Å². The summed E-state index contributed by atoms with van der Waals surface area (Å²) >= 11 is 3.36. The van der Waals surface area contributed by atoms with Gasteiger partial charge in [-0.3, -0.25) is 4.79 Å². The summed E-state index contributed by atoms with van der Waals surface area (Å²) in [4.78, 5) is 12.3. The Morgan fingerprint density at radius 2 is 2.17 bits per heavy atom. The highest BCUT2D eigenvalue weighted by Crippen LogP contribution is 2.20. The van der Waals surface area contributed by atoms with Gasteiger partial charge >= 0.3 is 5.97 Å². The monoisotopic (exact) mass is 315 g/mol. The van der Waals surface area contributed by atoms with E-state index in [2.05, 4.69) is 15.9 Å². The van der Waals surface area contributed by atoms with Crippen molar-refractivity contribution in [3.05, 3.63) is 34.3 Å². The molecule has 100 valence electrons. The minimum atomic E-state index is -0.797. The minimum absolute atomic E-state index is 0.128. The molecule has 1 aromatic rings. The van der Waals surface area contributed by atoms with E-state index in [1.165, 1.54) is 0 Å². The molecule has 0 aromatic heterocycles. The smallest absolute Gasteiger partial charge is 0.304 e. The van der Waals surface area contributed by atoms with Crippen LogP contribution in [0, 0.1) is 0 Å². The van der Waals surface area contributed by atoms with Gasteiger partial charge in [0.1, 0.15) is 0 Å². The summed E-state index contributed by atoms with van der Waals surface area (Å²) in [6.45, 7) is 1.17. The normalized spacial score (nSPS) is 12.7. The largest absolute Gasteiger partial charge is 0.481 e. The Morgan fingerprint density at radius 1 is 1.44 bits per heavy atom. The van der Waals surface area contributed by atoms with Crippen LogP contribution < -0.4 is 0 Å². The molecule has 0 amide bonds. The van der Waals surface area contributed by atoms with E-state index < -0.39 is 12.1 Å². The molecule has 0 heterocycles. The van der Waals surface area contributed by atoms with Crippen LogP contribution in [0.2, 0.25) is 0 Å². The molecule has 0 bridgehead atoms. The summed E-state index contributed by atoms with van der Waals surface area (Å²) in [6, 6.07) is 7.57. The second kappa shape index (κ2) is 7.51. The first-order valence-corrected chi connectivity index (χ1v) is 6.62. The van der Waals surface area contributed by atoms with Crippen molar-refractivity contribution < 1.29 is 15.0 Å². The van der Waals surface area contributed by atoms with Crippen LogP contribution in [0.15, 0.2) is 28.7 Å². The molecule has 5 heteroatoms. The Morgan fingerprint density at radius 3 is 2.78 bits per heavy atom. The van der Waals surface area contributed by atoms with Gasteiger partial charge in [-0.1, -0.05) is 28.1 Å². The second-order valence-electron chi connectivity index (χ2n) is 4.31. The molecule has 1 aromatic carbocycles. The average molecular weight is 316 g/mol. The maximum absolute atomic E-state index is 10.4. The lowest BCUT2D eigenvalue weighted by molar-refractivity contribution is -0.137. The standard InChI is InChI=1S/C13H18BrNO3/c1-15(8-6-13(17)18)7-5-12(16)10-3-2-4-11(14)9-10/h2-4,9,12,16H,5-8H2,1H3,(H,17,18). The van der Waals surface area contributed by atoms with Crippen molar-refractivity contribution in [3.63, 3.8) is 0 Å². The zero-order valence-electron chi connectivity index (χ0n) is 10.3. The van der Waals surface area contributed by atoms with E-state index in [0.717, 1.165) is 10.0 Å².